The monoisotopic (exact) mass is 363 g/mol. The van der Waals surface area contributed by atoms with Gasteiger partial charge >= 0.3 is 6.03 Å². The van der Waals surface area contributed by atoms with Crippen LogP contribution in [0, 0.1) is 5.92 Å². The lowest BCUT2D eigenvalue weighted by Gasteiger charge is -2.31. The number of carbonyl (C=O) groups excluding carboxylic acids is 3. The summed E-state index contributed by atoms with van der Waals surface area (Å²) < 4.78 is 0. The Morgan fingerprint density at radius 2 is 1.92 bits per heavy atom. The highest BCUT2D eigenvalue weighted by molar-refractivity contribution is 6.32. The molecule has 25 heavy (non-hydrogen) atoms. The van der Waals surface area contributed by atoms with E-state index >= 15 is 0 Å². The number of imide groups is 1. The Morgan fingerprint density at radius 1 is 1.28 bits per heavy atom. The first-order chi connectivity index (χ1) is 11.8. The molecular weight excluding hydrogens is 342 g/mol. The van der Waals surface area contributed by atoms with E-state index in [2.05, 4.69) is 12.2 Å². The van der Waals surface area contributed by atoms with Crippen LogP contribution in [0.3, 0.4) is 0 Å². The first-order valence-corrected chi connectivity index (χ1v) is 8.87. The normalized spacial score (nSPS) is 24.6. The number of urea groups is 1. The molecule has 1 aromatic rings. The second-order valence-corrected chi connectivity index (χ2v) is 7.40. The minimum Gasteiger partial charge on any atom is -0.341 e. The molecule has 2 aliphatic rings. The first-order valence-electron chi connectivity index (χ1n) is 8.50. The summed E-state index contributed by atoms with van der Waals surface area (Å²) in [7, 11) is 0. The van der Waals surface area contributed by atoms with Gasteiger partial charge in [0, 0.05) is 23.7 Å². The van der Waals surface area contributed by atoms with E-state index in [1.807, 2.05) is 0 Å². The lowest BCUT2D eigenvalue weighted by Crippen LogP contribution is -2.46. The van der Waals surface area contributed by atoms with E-state index in [9.17, 15) is 14.4 Å². The van der Waals surface area contributed by atoms with Crippen molar-refractivity contribution in [2.45, 2.75) is 32.2 Å². The number of rotatable bonds is 3. The Labute approximate surface area is 152 Å². The molecule has 0 radical (unpaired) electrons. The van der Waals surface area contributed by atoms with Gasteiger partial charge < -0.3 is 10.2 Å². The molecule has 0 aliphatic carbocycles. The maximum atomic E-state index is 12.9. The topological polar surface area (TPSA) is 69.7 Å². The van der Waals surface area contributed by atoms with E-state index in [0.717, 1.165) is 17.7 Å². The van der Waals surface area contributed by atoms with Crippen LogP contribution in [0.5, 0.6) is 0 Å². The number of likely N-dealkylation sites (tertiary alicyclic amines) is 1. The van der Waals surface area contributed by atoms with Gasteiger partial charge in [0.25, 0.3) is 5.91 Å². The van der Waals surface area contributed by atoms with E-state index in [4.69, 9.17) is 11.6 Å². The fourth-order valence-corrected chi connectivity index (χ4v) is 3.71. The maximum absolute atomic E-state index is 12.9. The number of nitrogens with zero attached hydrogens (tertiary/aromatic N) is 2. The van der Waals surface area contributed by atoms with Gasteiger partial charge in [0.1, 0.15) is 12.1 Å². The molecular formula is C18H22ClN3O3. The number of piperidine rings is 1. The summed E-state index contributed by atoms with van der Waals surface area (Å²) in [5.41, 5.74) is -0.733. The molecule has 0 unspecified atom stereocenters. The summed E-state index contributed by atoms with van der Waals surface area (Å²) in [5, 5.41) is 3.08. The molecule has 134 valence electrons. The van der Waals surface area contributed by atoms with E-state index < -0.39 is 17.5 Å². The molecule has 0 bridgehead atoms. The third-order valence-electron chi connectivity index (χ3n) is 5.12. The van der Waals surface area contributed by atoms with Gasteiger partial charge in [-0.25, -0.2) is 4.79 Å². The summed E-state index contributed by atoms with van der Waals surface area (Å²) >= 11 is 6.20. The molecule has 1 atom stereocenters. The van der Waals surface area contributed by atoms with E-state index in [0.29, 0.717) is 29.6 Å². The summed E-state index contributed by atoms with van der Waals surface area (Å²) in [4.78, 5) is 40.4. The Bertz CT molecular complexity index is 715. The molecule has 1 N–H and O–H groups in total. The van der Waals surface area contributed by atoms with Crippen LogP contribution in [0.2, 0.25) is 5.02 Å². The molecule has 2 heterocycles. The van der Waals surface area contributed by atoms with Crippen LogP contribution in [0.1, 0.15) is 32.3 Å². The van der Waals surface area contributed by atoms with Gasteiger partial charge in [0.2, 0.25) is 5.91 Å². The summed E-state index contributed by atoms with van der Waals surface area (Å²) in [6, 6.07) is 6.33. The average molecular weight is 364 g/mol. The van der Waals surface area contributed by atoms with Crippen LogP contribution in [0.25, 0.3) is 0 Å². The minimum absolute atomic E-state index is 0.196. The molecule has 3 rings (SSSR count). The second-order valence-electron chi connectivity index (χ2n) is 6.99. The standard InChI is InChI=1S/C18H22ClN3O3/c1-12-7-9-21(10-8-12)15(23)11-22-16(24)18(2,20-17(22)25)13-5-3-4-6-14(13)19/h3-6,12H,7-11H2,1-2H3,(H,20,25)/t18-/m1/s1. The van der Waals surface area contributed by atoms with Gasteiger partial charge in [-0.2, -0.15) is 0 Å². The number of hydrogen-bond acceptors (Lipinski definition) is 3. The van der Waals surface area contributed by atoms with Gasteiger partial charge in [0.05, 0.1) is 0 Å². The number of halogens is 1. The van der Waals surface area contributed by atoms with Crippen molar-refractivity contribution in [1.29, 1.82) is 0 Å². The fraction of sp³-hybridized carbons (Fsp3) is 0.500. The zero-order chi connectivity index (χ0) is 18.2. The number of amides is 4. The van der Waals surface area contributed by atoms with Crippen molar-refractivity contribution in [3.05, 3.63) is 34.9 Å². The highest BCUT2D eigenvalue weighted by Gasteiger charge is 2.50. The van der Waals surface area contributed by atoms with Crippen molar-refractivity contribution in [2.75, 3.05) is 19.6 Å². The molecule has 0 aromatic heterocycles. The van der Waals surface area contributed by atoms with Crippen LogP contribution in [0.4, 0.5) is 4.79 Å². The quantitative estimate of drug-likeness (QED) is 0.838. The molecule has 6 nitrogen and oxygen atoms in total. The largest absolute Gasteiger partial charge is 0.341 e. The zero-order valence-electron chi connectivity index (χ0n) is 14.4. The fourth-order valence-electron chi connectivity index (χ4n) is 3.38. The third kappa shape index (κ3) is 3.23. The maximum Gasteiger partial charge on any atom is 0.325 e. The number of carbonyl (C=O) groups is 3. The number of nitrogens with one attached hydrogen (secondary N) is 1. The average Bonchev–Trinajstić information content (AvgIpc) is 2.80. The highest BCUT2D eigenvalue weighted by Crippen LogP contribution is 2.33. The van der Waals surface area contributed by atoms with Crippen LogP contribution in [0.15, 0.2) is 24.3 Å². The summed E-state index contributed by atoms with van der Waals surface area (Å²) in [5.74, 6) is -0.0487. The van der Waals surface area contributed by atoms with Gasteiger partial charge in [-0.05, 0) is 31.7 Å². The highest BCUT2D eigenvalue weighted by atomic mass is 35.5. The molecule has 2 fully saturated rings. The zero-order valence-corrected chi connectivity index (χ0v) is 15.2. The Balaban J connectivity index is 1.76. The van der Waals surface area contributed by atoms with Crippen molar-refractivity contribution >= 4 is 29.4 Å². The van der Waals surface area contributed by atoms with Gasteiger partial charge in [-0.1, -0.05) is 36.7 Å². The number of hydrogen-bond donors (Lipinski definition) is 1. The Morgan fingerprint density at radius 3 is 2.56 bits per heavy atom. The third-order valence-corrected chi connectivity index (χ3v) is 5.45. The van der Waals surface area contributed by atoms with E-state index in [1.165, 1.54) is 0 Å². The molecule has 0 spiro atoms. The lowest BCUT2D eigenvalue weighted by molar-refractivity contribution is -0.139. The van der Waals surface area contributed by atoms with Crippen molar-refractivity contribution in [3.8, 4) is 0 Å². The van der Waals surface area contributed by atoms with E-state index in [1.54, 1.807) is 36.1 Å². The molecule has 7 heteroatoms. The predicted molar refractivity (Wildman–Crippen MR) is 94.0 cm³/mol. The van der Waals surface area contributed by atoms with Gasteiger partial charge in [0.15, 0.2) is 0 Å². The number of benzene rings is 1. The SMILES string of the molecule is CC1CCN(C(=O)CN2C(=O)N[C@](C)(c3ccccc3Cl)C2=O)CC1. The van der Waals surface area contributed by atoms with Crippen LogP contribution in [-0.4, -0.2) is 47.3 Å². The van der Waals surface area contributed by atoms with Crippen LogP contribution < -0.4 is 5.32 Å². The Hall–Kier alpha value is -2.08. The molecule has 0 saturated carbocycles. The first kappa shape index (κ1) is 17.7. The van der Waals surface area contributed by atoms with E-state index in [-0.39, 0.29) is 12.5 Å². The molecule has 2 saturated heterocycles. The molecule has 2 aliphatic heterocycles. The van der Waals surface area contributed by atoms with Crippen LogP contribution in [-0.2, 0) is 15.1 Å². The summed E-state index contributed by atoms with van der Waals surface area (Å²) in [6.07, 6.45) is 1.90. The van der Waals surface area contributed by atoms with Crippen molar-refractivity contribution in [3.63, 3.8) is 0 Å². The van der Waals surface area contributed by atoms with Crippen LogP contribution >= 0.6 is 11.6 Å². The molecule has 4 amide bonds. The summed E-state index contributed by atoms with van der Waals surface area (Å²) in [6.45, 7) is 4.88. The molecule has 1 aromatic carbocycles. The predicted octanol–water partition coefficient (Wildman–Crippen LogP) is 2.37. The van der Waals surface area contributed by atoms with Gasteiger partial charge in [-0.15, -0.1) is 0 Å². The minimum atomic E-state index is -1.26. The van der Waals surface area contributed by atoms with Gasteiger partial charge in [-0.3, -0.25) is 14.5 Å². The van der Waals surface area contributed by atoms with Crippen molar-refractivity contribution < 1.29 is 14.4 Å². The second kappa shape index (κ2) is 6.67. The smallest absolute Gasteiger partial charge is 0.325 e. The lowest BCUT2D eigenvalue weighted by atomic mass is 9.92. The van der Waals surface area contributed by atoms with Crippen molar-refractivity contribution in [2.24, 2.45) is 5.92 Å². The van der Waals surface area contributed by atoms with Crippen molar-refractivity contribution in [1.82, 2.24) is 15.1 Å². The Kier molecular flexibility index (Phi) is 4.73.